The highest BCUT2D eigenvalue weighted by Crippen LogP contribution is 2.16. The van der Waals surface area contributed by atoms with Crippen LogP contribution < -0.4 is 0 Å². The maximum Gasteiger partial charge on any atom is 0.0254 e. The van der Waals surface area contributed by atoms with Crippen molar-refractivity contribution in [2.75, 3.05) is 0 Å². The molecule has 0 aliphatic rings. The second kappa shape index (κ2) is 3.37. The van der Waals surface area contributed by atoms with Gasteiger partial charge in [0.15, 0.2) is 0 Å². The highest BCUT2D eigenvalue weighted by atomic mass is 32.2. The molecular formula is C9H11O2S-. The van der Waals surface area contributed by atoms with E-state index in [-0.39, 0.29) is 0 Å². The molecule has 0 heterocycles. The zero-order valence-corrected chi connectivity index (χ0v) is 8.20. The Hall–Kier alpha value is -0.670. The van der Waals surface area contributed by atoms with Crippen LogP contribution in [0.4, 0.5) is 0 Å². The molecule has 0 N–H and O–H groups in total. The number of benzene rings is 1. The average molecular weight is 183 g/mol. The molecule has 12 heavy (non-hydrogen) atoms. The first kappa shape index (κ1) is 9.42. The fraction of sp³-hybridized carbons (Fsp3) is 0.333. The standard InChI is InChI=1S/C9H12O2S/c1-6-4-9(12(10)11)5-7(2)8(6)3/h4-5H,1-3H3,(H,10,11)/p-1. The van der Waals surface area contributed by atoms with E-state index in [2.05, 4.69) is 0 Å². The van der Waals surface area contributed by atoms with Gasteiger partial charge in [0.25, 0.3) is 0 Å². The van der Waals surface area contributed by atoms with Gasteiger partial charge in [-0.1, -0.05) is 0 Å². The summed E-state index contributed by atoms with van der Waals surface area (Å²) in [6.45, 7) is 5.82. The number of hydrogen-bond donors (Lipinski definition) is 0. The van der Waals surface area contributed by atoms with Gasteiger partial charge >= 0.3 is 0 Å². The molecular weight excluding hydrogens is 172 g/mol. The minimum Gasteiger partial charge on any atom is -0.768 e. The normalized spacial score (nSPS) is 13.0. The molecule has 1 aromatic carbocycles. The molecule has 66 valence electrons. The smallest absolute Gasteiger partial charge is 0.0254 e. The third-order valence-electron chi connectivity index (χ3n) is 2.09. The molecule has 0 amide bonds. The largest absolute Gasteiger partial charge is 0.768 e. The minimum atomic E-state index is -2.11. The fourth-order valence-corrected chi connectivity index (χ4v) is 1.64. The van der Waals surface area contributed by atoms with Crippen LogP contribution in [-0.2, 0) is 11.1 Å². The molecule has 1 rings (SSSR count). The van der Waals surface area contributed by atoms with Crippen LogP contribution >= 0.6 is 0 Å². The van der Waals surface area contributed by atoms with Gasteiger partial charge in [-0.3, -0.25) is 4.21 Å². The molecule has 0 spiro atoms. The number of rotatable bonds is 1. The van der Waals surface area contributed by atoms with Crippen molar-refractivity contribution in [3.63, 3.8) is 0 Å². The molecule has 1 unspecified atom stereocenters. The van der Waals surface area contributed by atoms with Crippen molar-refractivity contribution >= 4 is 11.1 Å². The minimum absolute atomic E-state index is 0.371. The lowest BCUT2D eigenvalue weighted by atomic mass is 10.1. The van der Waals surface area contributed by atoms with E-state index in [1.54, 1.807) is 12.1 Å². The van der Waals surface area contributed by atoms with Gasteiger partial charge in [-0.05, 0) is 60.7 Å². The van der Waals surface area contributed by atoms with Crippen LogP contribution in [-0.4, -0.2) is 8.76 Å². The summed E-state index contributed by atoms with van der Waals surface area (Å²) in [4.78, 5) is 0.371. The molecule has 1 atom stereocenters. The van der Waals surface area contributed by atoms with E-state index in [0.29, 0.717) is 4.90 Å². The Kier molecular flexibility index (Phi) is 2.65. The summed E-state index contributed by atoms with van der Waals surface area (Å²) in [5.41, 5.74) is 3.20. The maximum absolute atomic E-state index is 10.6. The molecule has 1 aromatic rings. The quantitative estimate of drug-likeness (QED) is 0.623. The van der Waals surface area contributed by atoms with E-state index in [9.17, 15) is 8.76 Å². The van der Waals surface area contributed by atoms with E-state index in [1.807, 2.05) is 20.8 Å². The van der Waals surface area contributed by atoms with Crippen LogP contribution in [0.2, 0.25) is 0 Å². The summed E-state index contributed by atoms with van der Waals surface area (Å²) in [5, 5.41) is 0. The SMILES string of the molecule is Cc1cc(S(=O)[O-])cc(C)c1C. The molecule has 0 saturated heterocycles. The number of hydrogen-bond acceptors (Lipinski definition) is 2. The number of aryl methyl sites for hydroxylation is 2. The highest BCUT2D eigenvalue weighted by Gasteiger charge is 2.00. The van der Waals surface area contributed by atoms with E-state index in [4.69, 9.17) is 0 Å². The molecule has 0 radical (unpaired) electrons. The predicted octanol–water partition coefficient (Wildman–Crippen LogP) is 1.85. The second-order valence-corrected chi connectivity index (χ2v) is 3.86. The Balaban J connectivity index is 3.31. The molecule has 0 aliphatic heterocycles. The van der Waals surface area contributed by atoms with E-state index < -0.39 is 11.1 Å². The van der Waals surface area contributed by atoms with Gasteiger partial charge in [-0.2, -0.15) is 0 Å². The highest BCUT2D eigenvalue weighted by molar-refractivity contribution is 7.79. The van der Waals surface area contributed by atoms with Crippen LogP contribution in [0.1, 0.15) is 16.7 Å². The van der Waals surface area contributed by atoms with Crippen molar-refractivity contribution in [2.24, 2.45) is 0 Å². The monoisotopic (exact) mass is 183 g/mol. The summed E-state index contributed by atoms with van der Waals surface area (Å²) in [6, 6.07) is 3.37. The Morgan fingerprint density at radius 3 is 1.92 bits per heavy atom. The Morgan fingerprint density at radius 1 is 1.17 bits per heavy atom. The van der Waals surface area contributed by atoms with Gasteiger partial charge in [0.05, 0.1) is 0 Å². The average Bonchev–Trinajstić information content (AvgIpc) is 1.99. The van der Waals surface area contributed by atoms with Crippen molar-refractivity contribution in [1.29, 1.82) is 0 Å². The molecule has 0 aliphatic carbocycles. The summed E-state index contributed by atoms with van der Waals surface area (Å²) >= 11 is -2.11. The van der Waals surface area contributed by atoms with Gasteiger partial charge < -0.3 is 4.55 Å². The zero-order valence-electron chi connectivity index (χ0n) is 7.38. The second-order valence-electron chi connectivity index (χ2n) is 2.92. The third kappa shape index (κ3) is 1.73. The topological polar surface area (TPSA) is 40.1 Å². The summed E-state index contributed by atoms with van der Waals surface area (Å²) in [5.74, 6) is 0. The van der Waals surface area contributed by atoms with Gasteiger partial charge in [0.1, 0.15) is 0 Å². The lowest BCUT2D eigenvalue weighted by Crippen LogP contribution is -1.94. The lowest BCUT2D eigenvalue weighted by Gasteiger charge is -2.10. The van der Waals surface area contributed by atoms with Crippen molar-refractivity contribution < 1.29 is 8.76 Å². The molecule has 0 aromatic heterocycles. The molecule has 0 saturated carbocycles. The molecule has 0 fully saturated rings. The Morgan fingerprint density at radius 2 is 1.58 bits per heavy atom. The first-order valence-electron chi connectivity index (χ1n) is 3.69. The molecule has 3 heteroatoms. The van der Waals surface area contributed by atoms with Crippen LogP contribution in [0.5, 0.6) is 0 Å². The first-order valence-corrected chi connectivity index (χ1v) is 4.77. The van der Waals surface area contributed by atoms with Crippen LogP contribution in [0, 0.1) is 20.8 Å². The van der Waals surface area contributed by atoms with Crippen LogP contribution in [0.15, 0.2) is 17.0 Å². The molecule has 2 nitrogen and oxygen atoms in total. The summed E-state index contributed by atoms with van der Waals surface area (Å²) in [6.07, 6.45) is 0. The van der Waals surface area contributed by atoms with E-state index >= 15 is 0 Å². The fourth-order valence-electron chi connectivity index (χ4n) is 1.09. The predicted molar refractivity (Wildman–Crippen MR) is 47.8 cm³/mol. The summed E-state index contributed by atoms with van der Waals surface area (Å²) in [7, 11) is 0. The van der Waals surface area contributed by atoms with E-state index in [0.717, 1.165) is 16.7 Å². The van der Waals surface area contributed by atoms with Crippen molar-refractivity contribution in [3.05, 3.63) is 28.8 Å². The molecule has 0 bridgehead atoms. The summed E-state index contributed by atoms with van der Waals surface area (Å²) < 4.78 is 21.2. The van der Waals surface area contributed by atoms with Gasteiger partial charge in [-0.15, -0.1) is 0 Å². The van der Waals surface area contributed by atoms with Crippen LogP contribution in [0.3, 0.4) is 0 Å². The maximum atomic E-state index is 10.6. The first-order chi connectivity index (χ1) is 5.52. The zero-order chi connectivity index (χ0) is 9.30. The lowest BCUT2D eigenvalue weighted by molar-refractivity contribution is 0.537. The van der Waals surface area contributed by atoms with Crippen molar-refractivity contribution in [1.82, 2.24) is 0 Å². The van der Waals surface area contributed by atoms with Gasteiger partial charge in [-0.25, -0.2) is 0 Å². The van der Waals surface area contributed by atoms with Crippen molar-refractivity contribution in [3.8, 4) is 0 Å². The van der Waals surface area contributed by atoms with Gasteiger partial charge in [0.2, 0.25) is 0 Å². The Bertz CT molecular complexity index is 308. The Labute approximate surface area is 74.9 Å². The van der Waals surface area contributed by atoms with Gasteiger partial charge in [0, 0.05) is 4.90 Å². The third-order valence-corrected chi connectivity index (χ3v) is 2.71. The van der Waals surface area contributed by atoms with Crippen molar-refractivity contribution in [2.45, 2.75) is 25.7 Å². The van der Waals surface area contributed by atoms with E-state index in [1.165, 1.54) is 0 Å². The van der Waals surface area contributed by atoms with Crippen LogP contribution in [0.25, 0.3) is 0 Å².